The average molecular weight is 444 g/mol. The Morgan fingerprint density at radius 3 is 1.88 bits per heavy atom. The third-order valence-electron chi connectivity index (χ3n) is 4.58. The molecule has 0 amide bonds. The van der Waals surface area contributed by atoms with Gasteiger partial charge in [0.2, 0.25) is 0 Å². The molecule has 0 fully saturated rings. The molecule has 3 aromatic rings. The van der Waals surface area contributed by atoms with Crippen LogP contribution in [0.4, 0.5) is 24.5 Å². The monoisotopic (exact) mass is 444 g/mol. The van der Waals surface area contributed by atoms with Crippen molar-refractivity contribution in [2.24, 2.45) is 0 Å². The van der Waals surface area contributed by atoms with Crippen molar-refractivity contribution in [1.82, 2.24) is 0 Å². The summed E-state index contributed by atoms with van der Waals surface area (Å²) < 4.78 is 50.3. The van der Waals surface area contributed by atoms with E-state index in [1.807, 2.05) is 0 Å². The van der Waals surface area contributed by atoms with Gasteiger partial charge in [-0.3, -0.25) is 0 Å². The lowest BCUT2D eigenvalue weighted by Gasteiger charge is -2.14. The number of aryl methyl sites for hydroxylation is 2. The first-order valence-corrected chi connectivity index (χ1v) is 9.33. The standard InChI is InChI=1S/C23H19F3N2O4/c1-12-9-14(21(29)31-20-8-5-15(27)10-13(20)2)3-7-19(12)32-22(30)17-6-4-16(28)11-18(17)23(24,25)26/h3-11H,27-28H2,1-2H3. The molecule has 0 radical (unpaired) electrons. The Hall–Kier alpha value is -4.01. The van der Waals surface area contributed by atoms with Crippen LogP contribution in [0.15, 0.2) is 54.6 Å². The van der Waals surface area contributed by atoms with Crippen LogP contribution in [0, 0.1) is 13.8 Å². The lowest BCUT2D eigenvalue weighted by Crippen LogP contribution is -2.18. The number of hydrogen-bond acceptors (Lipinski definition) is 6. The maximum Gasteiger partial charge on any atom is 0.417 e. The summed E-state index contributed by atoms with van der Waals surface area (Å²) in [5.41, 5.74) is 10.8. The van der Waals surface area contributed by atoms with Gasteiger partial charge in [0.1, 0.15) is 11.5 Å². The van der Waals surface area contributed by atoms with Gasteiger partial charge in [0.05, 0.1) is 16.7 Å². The quantitative estimate of drug-likeness (QED) is 0.336. The predicted octanol–water partition coefficient (Wildman–Crippen LogP) is 4.93. The van der Waals surface area contributed by atoms with Crippen LogP contribution >= 0.6 is 0 Å². The van der Waals surface area contributed by atoms with Crippen LogP contribution in [-0.4, -0.2) is 11.9 Å². The van der Waals surface area contributed by atoms with Crippen LogP contribution < -0.4 is 20.9 Å². The van der Waals surface area contributed by atoms with Gasteiger partial charge in [0, 0.05) is 11.4 Å². The van der Waals surface area contributed by atoms with Crippen molar-refractivity contribution in [1.29, 1.82) is 0 Å². The molecule has 4 N–H and O–H groups in total. The first-order valence-electron chi connectivity index (χ1n) is 9.33. The minimum atomic E-state index is -4.79. The van der Waals surface area contributed by atoms with E-state index in [-0.39, 0.29) is 17.0 Å². The van der Waals surface area contributed by atoms with Crippen molar-refractivity contribution in [3.8, 4) is 11.5 Å². The molecule has 0 aliphatic rings. The number of carbonyl (C=O) groups excluding carboxylic acids is 2. The first-order chi connectivity index (χ1) is 15.0. The Kier molecular flexibility index (Phi) is 6.11. The zero-order chi connectivity index (χ0) is 23.6. The third-order valence-corrected chi connectivity index (χ3v) is 4.58. The average Bonchev–Trinajstić information content (AvgIpc) is 2.70. The number of anilines is 2. The highest BCUT2D eigenvalue weighted by Gasteiger charge is 2.36. The molecule has 0 saturated carbocycles. The summed E-state index contributed by atoms with van der Waals surface area (Å²) in [5, 5.41) is 0. The molecule has 0 bridgehead atoms. The summed E-state index contributed by atoms with van der Waals surface area (Å²) in [7, 11) is 0. The summed E-state index contributed by atoms with van der Waals surface area (Å²) in [5.74, 6) is -1.52. The van der Waals surface area contributed by atoms with E-state index in [1.165, 1.54) is 24.3 Å². The number of esters is 2. The highest BCUT2D eigenvalue weighted by Crippen LogP contribution is 2.34. The number of alkyl halides is 3. The van der Waals surface area contributed by atoms with E-state index < -0.39 is 29.2 Å². The van der Waals surface area contributed by atoms with E-state index >= 15 is 0 Å². The zero-order valence-electron chi connectivity index (χ0n) is 17.1. The van der Waals surface area contributed by atoms with Crippen LogP contribution in [-0.2, 0) is 6.18 Å². The summed E-state index contributed by atoms with van der Waals surface area (Å²) in [4.78, 5) is 24.9. The number of nitrogen functional groups attached to an aromatic ring is 2. The van der Waals surface area contributed by atoms with E-state index in [0.717, 1.165) is 6.07 Å². The van der Waals surface area contributed by atoms with E-state index in [9.17, 15) is 22.8 Å². The van der Waals surface area contributed by atoms with Gasteiger partial charge in [0.25, 0.3) is 0 Å². The number of carbonyl (C=O) groups is 2. The molecule has 0 aliphatic carbocycles. The van der Waals surface area contributed by atoms with Gasteiger partial charge in [-0.1, -0.05) is 0 Å². The van der Waals surface area contributed by atoms with E-state index in [0.29, 0.717) is 28.6 Å². The molecule has 3 rings (SSSR count). The predicted molar refractivity (Wildman–Crippen MR) is 113 cm³/mol. The molecule has 6 nitrogen and oxygen atoms in total. The van der Waals surface area contributed by atoms with Crippen LogP contribution in [0.3, 0.4) is 0 Å². The number of nitrogens with two attached hydrogens (primary N) is 2. The number of ether oxygens (including phenoxy) is 2. The fraction of sp³-hybridized carbons (Fsp3) is 0.130. The fourth-order valence-electron chi connectivity index (χ4n) is 2.97. The second-order valence-electron chi connectivity index (χ2n) is 7.09. The zero-order valence-corrected chi connectivity index (χ0v) is 17.1. The topological polar surface area (TPSA) is 105 Å². The number of benzene rings is 3. The third kappa shape index (κ3) is 5.00. The van der Waals surface area contributed by atoms with E-state index in [2.05, 4.69) is 0 Å². The molecule has 0 atom stereocenters. The number of hydrogen-bond donors (Lipinski definition) is 2. The van der Waals surface area contributed by atoms with Gasteiger partial charge in [-0.15, -0.1) is 0 Å². The van der Waals surface area contributed by atoms with Gasteiger partial charge in [-0.05, 0) is 79.6 Å². The molecule has 9 heteroatoms. The van der Waals surface area contributed by atoms with E-state index in [4.69, 9.17) is 20.9 Å². The van der Waals surface area contributed by atoms with Gasteiger partial charge >= 0.3 is 18.1 Å². The highest BCUT2D eigenvalue weighted by atomic mass is 19.4. The molecular formula is C23H19F3N2O4. The summed E-state index contributed by atoms with van der Waals surface area (Å²) >= 11 is 0. The van der Waals surface area contributed by atoms with Crippen molar-refractivity contribution in [3.05, 3.63) is 82.4 Å². The van der Waals surface area contributed by atoms with Crippen LogP contribution in [0.1, 0.15) is 37.4 Å². The number of rotatable bonds is 4. The first kappa shape index (κ1) is 22.7. The molecule has 32 heavy (non-hydrogen) atoms. The fourth-order valence-corrected chi connectivity index (χ4v) is 2.97. The molecule has 0 spiro atoms. The SMILES string of the molecule is Cc1cc(N)ccc1OC(=O)c1ccc(OC(=O)c2ccc(N)cc2C(F)(F)F)c(C)c1. The van der Waals surface area contributed by atoms with E-state index in [1.54, 1.807) is 32.0 Å². The molecule has 3 aromatic carbocycles. The Bertz CT molecular complexity index is 1210. The van der Waals surface area contributed by atoms with Gasteiger partial charge in [-0.25, -0.2) is 9.59 Å². The van der Waals surface area contributed by atoms with Crippen LogP contribution in [0.25, 0.3) is 0 Å². The van der Waals surface area contributed by atoms with Crippen LogP contribution in [0.2, 0.25) is 0 Å². The van der Waals surface area contributed by atoms with Crippen molar-refractivity contribution in [2.75, 3.05) is 11.5 Å². The highest BCUT2D eigenvalue weighted by molar-refractivity contribution is 5.94. The molecule has 0 aliphatic heterocycles. The van der Waals surface area contributed by atoms with Crippen molar-refractivity contribution < 1.29 is 32.2 Å². The molecule has 0 aromatic heterocycles. The summed E-state index contributed by atoms with van der Waals surface area (Å²) in [6.07, 6.45) is -4.79. The van der Waals surface area contributed by atoms with Crippen molar-refractivity contribution in [2.45, 2.75) is 20.0 Å². The Morgan fingerprint density at radius 2 is 1.28 bits per heavy atom. The summed E-state index contributed by atoms with van der Waals surface area (Å²) in [6, 6.07) is 11.7. The summed E-state index contributed by atoms with van der Waals surface area (Å²) in [6.45, 7) is 3.28. The Morgan fingerprint density at radius 1 is 0.750 bits per heavy atom. The lowest BCUT2D eigenvalue weighted by molar-refractivity contribution is -0.138. The van der Waals surface area contributed by atoms with Gasteiger partial charge in [-0.2, -0.15) is 13.2 Å². The molecule has 0 heterocycles. The second kappa shape index (κ2) is 8.62. The molecule has 0 unspecified atom stereocenters. The van der Waals surface area contributed by atoms with Crippen molar-refractivity contribution in [3.63, 3.8) is 0 Å². The lowest BCUT2D eigenvalue weighted by atomic mass is 10.1. The Balaban J connectivity index is 1.80. The van der Waals surface area contributed by atoms with Gasteiger partial charge in [0.15, 0.2) is 0 Å². The maximum atomic E-state index is 13.3. The van der Waals surface area contributed by atoms with Gasteiger partial charge < -0.3 is 20.9 Å². The molecule has 166 valence electrons. The Labute approximate surface area is 181 Å². The smallest absolute Gasteiger partial charge is 0.417 e. The minimum absolute atomic E-state index is 0.000153. The maximum absolute atomic E-state index is 13.3. The largest absolute Gasteiger partial charge is 0.423 e. The second-order valence-corrected chi connectivity index (χ2v) is 7.09. The minimum Gasteiger partial charge on any atom is -0.423 e. The number of halogens is 3. The van der Waals surface area contributed by atoms with Crippen LogP contribution in [0.5, 0.6) is 11.5 Å². The molecular weight excluding hydrogens is 425 g/mol. The van der Waals surface area contributed by atoms with Crippen molar-refractivity contribution >= 4 is 23.3 Å². The molecule has 0 saturated heterocycles. The normalized spacial score (nSPS) is 11.2.